The molecule has 5 nitrogen and oxygen atoms in total. The Morgan fingerprint density at radius 3 is 2.55 bits per heavy atom. The van der Waals surface area contributed by atoms with E-state index in [9.17, 15) is 0 Å². The lowest BCUT2D eigenvalue weighted by atomic mass is 10.2. The Labute approximate surface area is 120 Å². The molecular formula is C15H25N3O2. The molecule has 0 bridgehead atoms. The van der Waals surface area contributed by atoms with E-state index in [0.717, 1.165) is 49.8 Å². The van der Waals surface area contributed by atoms with E-state index in [1.807, 2.05) is 32.0 Å². The maximum atomic E-state index is 8.97. The van der Waals surface area contributed by atoms with Gasteiger partial charge in [-0.1, -0.05) is 6.07 Å². The normalized spacial score (nSPS) is 16.7. The number of piperazine rings is 1. The maximum Gasteiger partial charge on any atom is 0.144 e. The lowest BCUT2D eigenvalue weighted by molar-refractivity contribution is 0.189. The summed E-state index contributed by atoms with van der Waals surface area (Å²) in [6.45, 7) is 8.73. The summed E-state index contributed by atoms with van der Waals surface area (Å²) >= 11 is 0. The summed E-state index contributed by atoms with van der Waals surface area (Å²) < 4.78 is 5.74. The van der Waals surface area contributed by atoms with Gasteiger partial charge < -0.3 is 20.5 Å². The Bertz CT molecular complexity index is 429. The van der Waals surface area contributed by atoms with Crippen molar-refractivity contribution >= 4 is 11.4 Å². The molecule has 0 aliphatic carbocycles. The van der Waals surface area contributed by atoms with Gasteiger partial charge in [-0.3, -0.25) is 4.90 Å². The summed E-state index contributed by atoms with van der Waals surface area (Å²) in [6, 6.07) is 5.95. The Kier molecular flexibility index (Phi) is 5.09. The number of β-amino-alcohol motifs (C(OH)–C–C–N with tert-alkyl or cyclic N) is 1. The minimum absolute atomic E-state index is 0.119. The van der Waals surface area contributed by atoms with Gasteiger partial charge in [0, 0.05) is 32.7 Å². The molecule has 1 aliphatic rings. The smallest absolute Gasteiger partial charge is 0.144 e. The molecule has 0 amide bonds. The first-order chi connectivity index (χ1) is 9.61. The SMILES string of the molecule is CC(C)Oc1cccc(N2CCN(CCO)CC2)c1N. The van der Waals surface area contributed by atoms with Crippen LogP contribution in [0.2, 0.25) is 0 Å². The molecule has 1 aromatic carbocycles. The van der Waals surface area contributed by atoms with Crippen molar-refractivity contribution < 1.29 is 9.84 Å². The zero-order valence-electron chi connectivity index (χ0n) is 12.4. The quantitative estimate of drug-likeness (QED) is 0.792. The average Bonchev–Trinajstić information content (AvgIpc) is 2.42. The molecule has 0 aromatic heterocycles. The van der Waals surface area contributed by atoms with Crippen LogP contribution < -0.4 is 15.4 Å². The van der Waals surface area contributed by atoms with E-state index >= 15 is 0 Å². The van der Waals surface area contributed by atoms with Crippen molar-refractivity contribution in [3.63, 3.8) is 0 Å². The number of ether oxygens (including phenoxy) is 1. The second kappa shape index (κ2) is 6.81. The Morgan fingerprint density at radius 1 is 1.25 bits per heavy atom. The van der Waals surface area contributed by atoms with Gasteiger partial charge in [-0.05, 0) is 26.0 Å². The summed E-state index contributed by atoms with van der Waals surface area (Å²) in [5.41, 5.74) is 8.00. The predicted octanol–water partition coefficient (Wildman–Crippen LogP) is 1.17. The second-order valence-electron chi connectivity index (χ2n) is 5.41. The third-order valence-electron chi connectivity index (χ3n) is 3.53. The molecule has 0 saturated carbocycles. The van der Waals surface area contributed by atoms with Gasteiger partial charge in [-0.2, -0.15) is 0 Å². The predicted molar refractivity (Wildman–Crippen MR) is 82.4 cm³/mol. The monoisotopic (exact) mass is 279 g/mol. The van der Waals surface area contributed by atoms with E-state index in [4.69, 9.17) is 15.6 Å². The van der Waals surface area contributed by atoms with Crippen LogP contribution in [0.15, 0.2) is 18.2 Å². The van der Waals surface area contributed by atoms with Gasteiger partial charge in [0.25, 0.3) is 0 Å². The molecule has 112 valence electrons. The number of nitrogens with two attached hydrogens (primary N) is 1. The molecule has 0 atom stereocenters. The number of hydrogen-bond donors (Lipinski definition) is 2. The Balaban J connectivity index is 2.06. The molecule has 1 aromatic rings. The Hall–Kier alpha value is -1.46. The van der Waals surface area contributed by atoms with Gasteiger partial charge in [0.1, 0.15) is 5.75 Å². The van der Waals surface area contributed by atoms with E-state index in [1.165, 1.54) is 0 Å². The van der Waals surface area contributed by atoms with Crippen molar-refractivity contribution in [2.75, 3.05) is 50.0 Å². The first-order valence-electron chi connectivity index (χ1n) is 7.25. The van der Waals surface area contributed by atoms with Crippen LogP contribution in [0.25, 0.3) is 0 Å². The number of hydrogen-bond acceptors (Lipinski definition) is 5. The fourth-order valence-electron chi connectivity index (χ4n) is 2.52. The van der Waals surface area contributed by atoms with Crippen LogP contribution in [0.5, 0.6) is 5.75 Å². The van der Waals surface area contributed by atoms with Crippen molar-refractivity contribution in [1.82, 2.24) is 4.90 Å². The highest BCUT2D eigenvalue weighted by atomic mass is 16.5. The summed E-state index contributed by atoms with van der Waals surface area (Å²) in [4.78, 5) is 4.55. The fraction of sp³-hybridized carbons (Fsp3) is 0.600. The minimum atomic E-state index is 0.119. The molecule has 0 unspecified atom stereocenters. The molecule has 0 radical (unpaired) electrons. The number of aliphatic hydroxyl groups is 1. The molecule has 1 heterocycles. The van der Waals surface area contributed by atoms with E-state index < -0.39 is 0 Å². The first kappa shape index (κ1) is 14.9. The molecular weight excluding hydrogens is 254 g/mol. The summed E-state index contributed by atoms with van der Waals surface area (Å²) in [5.74, 6) is 0.760. The van der Waals surface area contributed by atoms with Crippen LogP contribution in [0.1, 0.15) is 13.8 Å². The summed E-state index contributed by atoms with van der Waals surface area (Å²) in [5, 5.41) is 8.97. The maximum absolute atomic E-state index is 8.97. The molecule has 1 fully saturated rings. The fourth-order valence-corrected chi connectivity index (χ4v) is 2.52. The van der Waals surface area contributed by atoms with Gasteiger partial charge in [0.2, 0.25) is 0 Å². The zero-order chi connectivity index (χ0) is 14.5. The average molecular weight is 279 g/mol. The number of anilines is 2. The topological polar surface area (TPSA) is 62.0 Å². The van der Waals surface area contributed by atoms with Crippen LogP contribution in [0.4, 0.5) is 11.4 Å². The van der Waals surface area contributed by atoms with Gasteiger partial charge >= 0.3 is 0 Å². The van der Waals surface area contributed by atoms with Crippen LogP contribution in [-0.2, 0) is 0 Å². The van der Waals surface area contributed by atoms with Crippen molar-refractivity contribution in [1.29, 1.82) is 0 Å². The number of para-hydroxylation sites is 1. The molecule has 1 saturated heterocycles. The summed E-state index contributed by atoms with van der Waals surface area (Å²) in [6.07, 6.45) is 0.119. The van der Waals surface area contributed by atoms with Crippen molar-refractivity contribution in [2.24, 2.45) is 0 Å². The van der Waals surface area contributed by atoms with Gasteiger partial charge in [0.15, 0.2) is 0 Å². The van der Waals surface area contributed by atoms with Crippen molar-refractivity contribution in [2.45, 2.75) is 20.0 Å². The zero-order valence-corrected chi connectivity index (χ0v) is 12.4. The number of benzene rings is 1. The van der Waals surface area contributed by atoms with Crippen molar-refractivity contribution in [3.05, 3.63) is 18.2 Å². The molecule has 20 heavy (non-hydrogen) atoms. The molecule has 1 aliphatic heterocycles. The summed E-state index contributed by atoms with van der Waals surface area (Å²) in [7, 11) is 0. The van der Waals surface area contributed by atoms with E-state index in [1.54, 1.807) is 0 Å². The molecule has 3 N–H and O–H groups in total. The highest BCUT2D eigenvalue weighted by molar-refractivity contribution is 5.74. The third kappa shape index (κ3) is 3.55. The number of nitrogens with zero attached hydrogens (tertiary/aromatic N) is 2. The number of aliphatic hydroxyl groups excluding tert-OH is 1. The highest BCUT2D eigenvalue weighted by Crippen LogP contribution is 2.33. The lowest BCUT2D eigenvalue weighted by Gasteiger charge is -2.36. The standard InChI is InChI=1S/C15H25N3O2/c1-12(2)20-14-5-3-4-13(15(14)16)18-8-6-17(7-9-18)10-11-19/h3-5,12,19H,6-11,16H2,1-2H3. The second-order valence-corrected chi connectivity index (χ2v) is 5.41. The van der Waals surface area contributed by atoms with Crippen LogP contribution >= 0.6 is 0 Å². The van der Waals surface area contributed by atoms with E-state index in [0.29, 0.717) is 0 Å². The van der Waals surface area contributed by atoms with E-state index in [-0.39, 0.29) is 12.7 Å². The molecule has 0 spiro atoms. The molecule has 5 heteroatoms. The number of rotatable bonds is 5. The lowest BCUT2D eigenvalue weighted by Crippen LogP contribution is -2.47. The largest absolute Gasteiger partial charge is 0.489 e. The minimum Gasteiger partial charge on any atom is -0.489 e. The van der Waals surface area contributed by atoms with Crippen LogP contribution in [0.3, 0.4) is 0 Å². The highest BCUT2D eigenvalue weighted by Gasteiger charge is 2.19. The Morgan fingerprint density at radius 2 is 1.95 bits per heavy atom. The van der Waals surface area contributed by atoms with E-state index in [2.05, 4.69) is 9.80 Å². The van der Waals surface area contributed by atoms with Gasteiger partial charge in [-0.15, -0.1) is 0 Å². The van der Waals surface area contributed by atoms with Crippen molar-refractivity contribution in [3.8, 4) is 5.75 Å². The number of nitrogen functional groups attached to an aromatic ring is 1. The first-order valence-corrected chi connectivity index (χ1v) is 7.25. The van der Waals surface area contributed by atoms with Crippen LogP contribution in [0, 0.1) is 0 Å². The van der Waals surface area contributed by atoms with Gasteiger partial charge in [0.05, 0.1) is 24.1 Å². The van der Waals surface area contributed by atoms with Gasteiger partial charge in [-0.25, -0.2) is 0 Å². The molecule has 2 rings (SSSR count). The third-order valence-corrected chi connectivity index (χ3v) is 3.53. The van der Waals surface area contributed by atoms with Crippen LogP contribution in [-0.4, -0.2) is 55.4 Å².